The van der Waals surface area contributed by atoms with Gasteiger partial charge in [-0.2, -0.15) is 0 Å². The average molecular weight is 342 g/mol. The number of rotatable bonds is 3. The zero-order valence-corrected chi connectivity index (χ0v) is 12.9. The summed E-state index contributed by atoms with van der Waals surface area (Å²) in [6.07, 6.45) is 0. The number of nitrogens with one attached hydrogen (secondary N) is 1. The third-order valence-corrected chi connectivity index (χ3v) is 3.38. The summed E-state index contributed by atoms with van der Waals surface area (Å²) in [5, 5.41) is 21.7. The number of ether oxygens (including phenoxy) is 1. The molecule has 108 valence electrons. The van der Waals surface area contributed by atoms with Crippen LogP contribution in [-0.4, -0.2) is 22.3 Å². The molecule has 0 spiro atoms. The van der Waals surface area contributed by atoms with Crippen molar-refractivity contribution in [3.05, 3.63) is 52.5 Å². The van der Waals surface area contributed by atoms with E-state index in [1.807, 2.05) is 18.2 Å². The molecule has 8 heteroatoms. The van der Waals surface area contributed by atoms with E-state index < -0.39 is 7.12 Å². The van der Waals surface area contributed by atoms with E-state index in [1.54, 1.807) is 12.1 Å². The fourth-order valence-corrected chi connectivity index (χ4v) is 2.32. The minimum absolute atomic E-state index is 0.0730. The van der Waals surface area contributed by atoms with E-state index in [4.69, 9.17) is 40.2 Å². The molecule has 21 heavy (non-hydrogen) atoms. The van der Waals surface area contributed by atoms with Crippen molar-refractivity contribution in [3.8, 4) is 5.75 Å². The highest BCUT2D eigenvalue weighted by atomic mass is 35.5. The Morgan fingerprint density at radius 1 is 1.10 bits per heavy atom. The molecule has 2 aromatic rings. The summed E-state index contributed by atoms with van der Waals surface area (Å²) in [7, 11) is -1.71. The van der Waals surface area contributed by atoms with Crippen LogP contribution in [0.4, 0.5) is 5.69 Å². The van der Waals surface area contributed by atoms with Crippen molar-refractivity contribution in [2.45, 2.75) is 0 Å². The van der Waals surface area contributed by atoms with Gasteiger partial charge in [0.25, 0.3) is 5.17 Å². The Labute approximate surface area is 137 Å². The SMILES string of the molecule is OB(O)c1cc(NC(=S)Oc2ccccc2)c(Cl)cc1Cl. The van der Waals surface area contributed by atoms with Gasteiger partial charge < -0.3 is 20.1 Å². The first-order valence-electron chi connectivity index (χ1n) is 5.86. The molecule has 0 amide bonds. The number of hydrogen-bond donors (Lipinski definition) is 3. The summed E-state index contributed by atoms with van der Waals surface area (Å²) in [4.78, 5) is 0. The van der Waals surface area contributed by atoms with Gasteiger partial charge in [0.05, 0.1) is 10.7 Å². The lowest BCUT2D eigenvalue weighted by molar-refractivity contribution is 0.426. The Morgan fingerprint density at radius 3 is 2.38 bits per heavy atom. The van der Waals surface area contributed by atoms with Crippen molar-refractivity contribution in [3.63, 3.8) is 0 Å². The largest absolute Gasteiger partial charge is 0.490 e. The quantitative estimate of drug-likeness (QED) is 0.591. The second-order valence-corrected chi connectivity index (χ2v) is 5.24. The Kier molecular flexibility index (Phi) is 5.44. The van der Waals surface area contributed by atoms with Crippen molar-refractivity contribution in [1.29, 1.82) is 0 Å². The third-order valence-electron chi connectivity index (χ3n) is 2.56. The number of benzene rings is 2. The van der Waals surface area contributed by atoms with Gasteiger partial charge in [-0.1, -0.05) is 41.4 Å². The highest BCUT2D eigenvalue weighted by molar-refractivity contribution is 7.80. The molecule has 0 fully saturated rings. The van der Waals surface area contributed by atoms with Gasteiger partial charge >= 0.3 is 7.12 Å². The highest BCUT2D eigenvalue weighted by Gasteiger charge is 2.18. The topological polar surface area (TPSA) is 61.7 Å². The van der Waals surface area contributed by atoms with Crippen LogP contribution in [0.2, 0.25) is 10.0 Å². The smallest absolute Gasteiger partial charge is 0.432 e. The molecule has 0 aliphatic heterocycles. The molecule has 0 bridgehead atoms. The zero-order chi connectivity index (χ0) is 15.4. The lowest BCUT2D eigenvalue weighted by atomic mass is 9.80. The number of anilines is 1. The lowest BCUT2D eigenvalue weighted by Crippen LogP contribution is -2.31. The highest BCUT2D eigenvalue weighted by Crippen LogP contribution is 2.25. The maximum Gasteiger partial charge on any atom is 0.490 e. The Balaban J connectivity index is 2.15. The van der Waals surface area contributed by atoms with E-state index in [2.05, 4.69) is 5.32 Å². The molecule has 0 saturated carbocycles. The number of para-hydroxylation sites is 1. The second-order valence-electron chi connectivity index (χ2n) is 4.05. The van der Waals surface area contributed by atoms with Crippen LogP contribution < -0.4 is 15.5 Å². The average Bonchev–Trinajstić information content (AvgIpc) is 2.42. The first-order valence-corrected chi connectivity index (χ1v) is 7.02. The number of hydrogen-bond acceptors (Lipinski definition) is 4. The van der Waals surface area contributed by atoms with Crippen LogP contribution >= 0.6 is 35.4 Å². The second kappa shape index (κ2) is 7.11. The van der Waals surface area contributed by atoms with Crippen LogP contribution in [0, 0.1) is 0 Å². The van der Waals surface area contributed by atoms with Crippen molar-refractivity contribution in [2.24, 2.45) is 0 Å². The van der Waals surface area contributed by atoms with Gasteiger partial charge in [0.1, 0.15) is 5.75 Å². The van der Waals surface area contributed by atoms with Crippen molar-refractivity contribution >= 4 is 58.9 Å². The van der Waals surface area contributed by atoms with Crippen LogP contribution in [0.15, 0.2) is 42.5 Å². The maximum absolute atomic E-state index is 9.23. The van der Waals surface area contributed by atoms with Gasteiger partial charge in [-0.3, -0.25) is 0 Å². The summed E-state index contributed by atoms with van der Waals surface area (Å²) in [6.45, 7) is 0. The fourth-order valence-electron chi connectivity index (χ4n) is 1.59. The number of thiocarbonyl (C=S) groups is 1. The van der Waals surface area contributed by atoms with Gasteiger partial charge in [-0.05, 0) is 36.5 Å². The van der Waals surface area contributed by atoms with Crippen molar-refractivity contribution in [2.75, 3.05) is 5.32 Å². The van der Waals surface area contributed by atoms with Gasteiger partial charge in [-0.15, -0.1) is 0 Å². The Morgan fingerprint density at radius 2 is 1.76 bits per heavy atom. The summed E-state index contributed by atoms with van der Waals surface area (Å²) in [5.41, 5.74) is 0.483. The van der Waals surface area contributed by atoms with Crippen LogP contribution in [-0.2, 0) is 0 Å². The van der Waals surface area contributed by atoms with Crippen LogP contribution in [0.3, 0.4) is 0 Å². The molecule has 0 aromatic heterocycles. The van der Waals surface area contributed by atoms with E-state index in [-0.39, 0.29) is 20.7 Å². The molecule has 0 atom stereocenters. The predicted octanol–water partition coefficient (Wildman–Crippen LogP) is 2.45. The third kappa shape index (κ3) is 4.33. The molecule has 0 aliphatic carbocycles. The van der Waals surface area contributed by atoms with Crippen molar-refractivity contribution < 1.29 is 14.8 Å². The summed E-state index contributed by atoms with van der Waals surface area (Å²) in [6, 6.07) is 11.8. The predicted molar refractivity (Wildman–Crippen MR) is 89.6 cm³/mol. The van der Waals surface area contributed by atoms with E-state index >= 15 is 0 Å². The molecule has 0 saturated heterocycles. The summed E-state index contributed by atoms with van der Waals surface area (Å²) < 4.78 is 5.41. The molecule has 0 unspecified atom stereocenters. The van der Waals surface area contributed by atoms with Crippen LogP contribution in [0.1, 0.15) is 0 Å². The van der Waals surface area contributed by atoms with Crippen LogP contribution in [0.5, 0.6) is 5.75 Å². The molecule has 4 nitrogen and oxygen atoms in total. The van der Waals surface area contributed by atoms with Gasteiger partial charge in [0, 0.05) is 10.5 Å². The molecule has 0 heterocycles. The van der Waals surface area contributed by atoms with Gasteiger partial charge in [-0.25, -0.2) is 0 Å². The Hall–Kier alpha value is -1.31. The maximum atomic E-state index is 9.23. The van der Waals surface area contributed by atoms with E-state index in [0.717, 1.165) is 0 Å². The minimum Gasteiger partial charge on any atom is -0.432 e. The normalized spacial score (nSPS) is 10.1. The molecule has 2 aromatic carbocycles. The molecule has 3 N–H and O–H groups in total. The monoisotopic (exact) mass is 341 g/mol. The molecule has 0 aliphatic rings. The first kappa shape index (κ1) is 16.1. The Bertz CT molecular complexity index is 655. The first-order chi connectivity index (χ1) is 9.97. The standard InChI is InChI=1S/C13H10BCl2NO3S/c15-10-7-11(16)12(6-9(10)14(18)19)17-13(21)20-8-4-2-1-3-5-8/h1-7,18-19H,(H,17,21). The zero-order valence-electron chi connectivity index (χ0n) is 10.6. The molecule has 2 rings (SSSR count). The minimum atomic E-state index is -1.71. The van der Waals surface area contributed by atoms with E-state index in [9.17, 15) is 10.0 Å². The summed E-state index contributed by atoms with van der Waals surface area (Å²) in [5.74, 6) is 0.572. The van der Waals surface area contributed by atoms with Crippen molar-refractivity contribution in [1.82, 2.24) is 0 Å². The summed E-state index contributed by atoms with van der Waals surface area (Å²) >= 11 is 17.0. The van der Waals surface area contributed by atoms with Gasteiger partial charge in [0.15, 0.2) is 0 Å². The van der Waals surface area contributed by atoms with E-state index in [1.165, 1.54) is 12.1 Å². The fraction of sp³-hybridized carbons (Fsp3) is 0. The van der Waals surface area contributed by atoms with E-state index in [0.29, 0.717) is 11.4 Å². The van der Waals surface area contributed by atoms with Gasteiger partial charge in [0.2, 0.25) is 0 Å². The van der Waals surface area contributed by atoms with Crippen LogP contribution in [0.25, 0.3) is 0 Å². The lowest BCUT2D eigenvalue weighted by Gasteiger charge is -2.13. The molecule has 0 radical (unpaired) electrons. The molecular weight excluding hydrogens is 332 g/mol. The molecular formula is C13H10BCl2NO3S. The number of halogens is 2.